The smallest absolute Gasteiger partial charge is 0.280 e. The van der Waals surface area contributed by atoms with Crippen molar-refractivity contribution in [3.63, 3.8) is 0 Å². The number of benzene rings is 1. The topological polar surface area (TPSA) is 91.6 Å². The molecule has 8 nitrogen and oxygen atoms in total. The number of imidazole rings is 1. The molecule has 0 radical (unpaired) electrons. The molecule has 2 aliphatic carbocycles. The molecule has 6 rings (SSSR count). The normalized spacial score (nSPS) is 22.0. The predicted molar refractivity (Wildman–Crippen MR) is 110 cm³/mol. The summed E-state index contributed by atoms with van der Waals surface area (Å²) in [5, 5.41) is 4.15. The highest BCUT2D eigenvalue weighted by Gasteiger charge is 2.55. The molecular formula is C22H19FN6O2. The monoisotopic (exact) mass is 418 g/mol. The Morgan fingerprint density at radius 3 is 2.87 bits per heavy atom. The number of aromatic nitrogens is 6. The third kappa shape index (κ3) is 2.83. The summed E-state index contributed by atoms with van der Waals surface area (Å²) < 4.78 is 22.4. The van der Waals surface area contributed by atoms with Gasteiger partial charge in [-0.25, -0.2) is 14.4 Å². The summed E-state index contributed by atoms with van der Waals surface area (Å²) in [7, 11) is 1.76. The summed E-state index contributed by atoms with van der Waals surface area (Å²) >= 11 is 0. The van der Waals surface area contributed by atoms with Crippen molar-refractivity contribution in [1.29, 1.82) is 0 Å². The van der Waals surface area contributed by atoms with Crippen molar-refractivity contribution in [2.75, 3.05) is 0 Å². The van der Waals surface area contributed by atoms with Crippen LogP contribution in [0.5, 0.6) is 0 Å². The van der Waals surface area contributed by atoms with Crippen LogP contribution in [0.1, 0.15) is 35.2 Å². The maximum absolute atomic E-state index is 13.9. The third-order valence-corrected chi connectivity index (χ3v) is 6.41. The molecule has 0 saturated heterocycles. The number of halogens is 1. The van der Waals surface area contributed by atoms with Crippen molar-refractivity contribution in [1.82, 2.24) is 29.2 Å². The predicted octanol–water partition coefficient (Wildman–Crippen LogP) is 2.83. The average molecular weight is 418 g/mol. The van der Waals surface area contributed by atoms with Crippen molar-refractivity contribution >= 4 is 16.7 Å². The number of hydrogen-bond acceptors (Lipinski definition) is 6. The van der Waals surface area contributed by atoms with Gasteiger partial charge in [-0.3, -0.25) is 9.36 Å². The molecular weight excluding hydrogens is 399 g/mol. The largest absolute Gasteiger partial charge is 0.337 e. The molecule has 1 fully saturated rings. The Labute approximate surface area is 176 Å². The van der Waals surface area contributed by atoms with Crippen LogP contribution < -0.4 is 5.56 Å². The summed E-state index contributed by atoms with van der Waals surface area (Å²) in [4.78, 5) is 25.5. The van der Waals surface area contributed by atoms with Gasteiger partial charge in [-0.2, -0.15) is 4.98 Å². The Balaban J connectivity index is 1.20. The SMILES string of the molecule is Cc1ccc(C2=C[C@H]3[C@@H](C2)[C@@H]3c2noc(Cn3cnc4ncn(C)c4c3=O)n2)cc1F. The standard InChI is InChI=1S/C22H19FN6O2/c1-11-3-4-12(7-16(11)23)13-5-14-15(6-13)18(14)20-26-17(31-27-20)8-29-10-25-21-19(22(29)30)28(2)9-24-21/h3-5,7,9-10,14-15,18H,6,8H2,1-2H3/t14-,15+,18+/m0/s1. The van der Waals surface area contributed by atoms with Crippen LogP contribution in [0, 0.1) is 24.6 Å². The number of rotatable bonds is 4. The lowest BCUT2D eigenvalue weighted by atomic mass is 9.99. The highest BCUT2D eigenvalue weighted by Crippen LogP contribution is 2.62. The summed E-state index contributed by atoms with van der Waals surface area (Å²) in [6, 6.07) is 5.40. The van der Waals surface area contributed by atoms with E-state index in [1.165, 1.54) is 16.5 Å². The maximum atomic E-state index is 13.9. The fourth-order valence-electron chi connectivity index (χ4n) is 4.61. The van der Waals surface area contributed by atoms with Gasteiger partial charge in [-0.05, 0) is 47.9 Å². The molecule has 156 valence electrons. The van der Waals surface area contributed by atoms with Gasteiger partial charge in [-0.15, -0.1) is 0 Å². The average Bonchev–Trinajstić information content (AvgIpc) is 3.18. The molecule has 3 atom stereocenters. The molecule has 3 heterocycles. The quantitative estimate of drug-likeness (QED) is 0.506. The Kier molecular flexibility index (Phi) is 3.77. The third-order valence-electron chi connectivity index (χ3n) is 6.41. The second-order valence-electron chi connectivity index (χ2n) is 8.38. The lowest BCUT2D eigenvalue weighted by Crippen LogP contribution is -2.22. The minimum atomic E-state index is -0.203. The van der Waals surface area contributed by atoms with Crippen LogP contribution in [0.25, 0.3) is 16.7 Å². The molecule has 1 aromatic carbocycles. The van der Waals surface area contributed by atoms with E-state index in [2.05, 4.69) is 26.2 Å². The fourth-order valence-corrected chi connectivity index (χ4v) is 4.61. The van der Waals surface area contributed by atoms with E-state index < -0.39 is 0 Å². The summed E-state index contributed by atoms with van der Waals surface area (Å²) in [6.07, 6.45) is 6.10. The summed E-state index contributed by atoms with van der Waals surface area (Å²) in [5.41, 5.74) is 3.42. The number of fused-ring (bicyclic) bond motifs is 2. The first kappa shape index (κ1) is 18.2. The van der Waals surface area contributed by atoms with Crippen LogP contribution >= 0.6 is 0 Å². The first-order valence-corrected chi connectivity index (χ1v) is 10.2. The van der Waals surface area contributed by atoms with Gasteiger partial charge in [-0.1, -0.05) is 23.4 Å². The lowest BCUT2D eigenvalue weighted by Gasteiger charge is -2.07. The Morgan fingerprint density at radius 2 is 2.10 bits per heavy atom. The van der Waals surface area contributed by atoms with Crippen LogP contribution in [0.2, 0.25) is 0 Å². The lowest BCUT2D eigenvalue weighted by molar-refractivity contribution is 0.364. The number of nitrogens with zero attached hydrogens (tertiary/aromatic N) is 6. The van der Waals surface area contributed by atoms with E-state index in [1.54, 1.807) is 30.9 Å². The van der Waals surface area contributed by atoms with E-state index in [4.69, 9.17) is 4.52 Å². The second-order valence-corrected chi connectivity index (χ2v) is 8.38. The van der Waals surface area contributed by atoms with Crippen LogP contribution in [0.4, 0.5) is 4.39 Å². The minimum Gasteiger partial charge on any atom is -0.337 e. The van der Waals surface area contributed by atoms with Gasteiger partial charge >= 0.3 is 0 Å². The zero-order valence-electron chi connectivity index (χ0n) is 17.0. The van der Waals surface area contributed by atoms with Gasteiger partial charge in [0.2, 0.25) is 5.89 Å². The zero-order valence-corrected chi connectivity index (χ0v) is 17.0. The van der Waals surface area contributed by atoms with E-state index in [1.807, 2.05) is 12.1 Å². The first-order chi connectivity index (χ1) is 15.0. The van der Waals surface area contributed by atoms with Crippen molar-refractivity contribution < 1.29 is 8.91 Å². The number of hydrogen-bond donors (Lipinski definition) is 0. The van der Waals surface area contributed by atoms with Crippen LogP contribution in [-0.4, -0.2) is 29.2 Å². The van der Waals surface area contributed by atoms with Crippen LogP contribution in [0.15, 0.2) is 46.2 Å². The minimum absolute atomic E-state index is 0.158. The van der Waals surface area contributed by atoms with E-state index in [9.17, 15) is 9.18 Å². The van der Waals surface area contributed by atoms with Gasteiger partial charge in [0.05, 0.1) is 6.33 Å². The van der Waals surface area contributed by atoms with Crippen molar-refractivity contribution in [3.05, 3.63) is 75.9 Å². The van der Waals surface area contributed by atoms with Gasteiger partial charge < -0.3 is 9.09 Å². The second kappa shape index (κ2) is 6.44. The van der Waals surface area contributed by atoms with E-state index in [-0.39, 0.29) is 23.8 Å². The number of allylic oxidation sites excluding steroid dienone is 2. The molecule has 31 heavy (non-hydrogen) atoms. The molecule has 0 bridgehead atoms. The Hall–Kier alpha value is -3.62. The Morgan fingerprint density at radius 1 is 1.26 bits per heavy atom. The zero-order chi connectivity index (χ0) is 21.3. The molecule has 1 saturated carbocycles. The van der Waals surface area contributed by atoms with Crippen molar-refractivity contribution in [3.8, 4) is 0 Å². The maximum Gasteiger partial charge on any atom is 0.280 e. The van der Waals surface area contributed by atoms with E-state index >= 15 is 0 Å². The molecule has 0 N–H and O–H groups in total. The highest BCUT2D eigenvalue weighted by atomic mass is 19.1. The first-order valence-electron chi connectivity index (χ1n) is 10.2. The van der Waals surface area contributed by atoms with Crippen molar-refractivity contribution in [2.45, 2.75) is 25.8 Å². The molecule has 9 heteroatoms. The molecule has 2 aliphatic rings. The van der Waals surface area contributed by atoms with E-state index in [0.717, 1.165) is 12.0 Å². The van der Waals surface area contributed by atoms with Gasteiger partial charge in [0.1, 0.15) is 18.7 Å². The summed E-state index contributed by atoms with van der Waals surface area (Å²) in [5.74, 6) is 1.84. The van der Waals surface area contributed by atoms with Crippen molar-refractivity contribution in [2.24, 2.45) is 18.9 Å². The van der Waals surface area contributed by atoms with E-state index in [0.29, 0.717) is 40.3 Å². The number of aryl methyl sites for hydroxylation is 2. The molecule has 0 unspecified atom stereocenters. The van der Waals surface area contributed by atoms with Gasteiger partial charge in [0.15, 0.2) is 17.0 Å². The molecule has 3 aromatic heterocycles. The molecule has 0 amide bonds. The molecule has 4 aromatic rings. The Bertz CT molecular complexity index is 1430. The molecule has 0 aliphatic heterocycles. The van der Waals surface area contributed by atoms with Crippen LogP contribution in [0.3, 0.4) is 0 Å². The van der Waals surface area contributed by atoms with Gasteiger partial charge in [0.25, 0.3) is 5.56 Å². The molecule has 0 spiro atoms. The van der Waals surface area contributed by atoms with Crippen LogP contribution in [-0.2, 0) is 13.6 Å². The highest BCUT2D eigenvalue weighted by molar-refractivity contribution is 5.71. The fraction of sp³-hybridized carbons (Fsp3) is 0.318. The van der Waals surface area contributed by atoms with Gasteiger partial charge in [0, 0.05) is 13.0 Å². The summed E-state index contributed by atoms with van der Waals surface area (Å²) in [6.45, 7) is 1.92.